The van der Waals surface area contributed by atoms with Crippen molar-refractivity contribution in [2.45, 2.75) is 70.7 Å². The zero-order chi connectivity index (χ0) is 20.3. The first-order valence-electron chi connectivity index (χ1n) is 10.8. The van der Waals surface area contributed by atoms with Crippen LogP contribution in [0.5, 0.6) is 0 Å². The number of ether oxygens (including phenoxy) is 2. The highest BCUT2D eigenvalue weighted by Crippen LogP contribution is 2.38. The Balaban J connectivity index is 2.00. The third-order valence-electron chi connectivity index (χ3n) is 6.20. The van der Waals surface area contributed by atoms with Crippen molar-refractivity contribution in [3.05, 3.63) is 22.9 Å². The van der Waals surface area contributed by atoms with Crippen LogP contribution in [0.25, 0.3) is 0 Å². The van der Waals surface area contributed by atoms with Crippen LogP contribution in [0.15, 0.2) is 6.07 Å². The number of aromatic nitrogens is 1. The standard InChI is InChI=1S/C22H38N4O2/c1-6-7-18-12-17(8-10-28-18)19-13-20(26-9-11-27-14-15(26)2)24-16(3)21(19)22(23)25(4)5/h13,15,17-18,22H,6-12,14,23H2,1-5H3/t15-,17?,18?,22?/m1/s1. The van der Waals surface area contributed by atoms with Gasteiger partial charge in [0.2, 0.25) is 0 Å². The molecule has 2 aliphatic rings. The van der Waals surface area contributed by atoms with Crippen LogP contribution in [-0.4, -0.2) is 62.5 Å². The maximum Gasteiger partial charge on any atom is 0.129 e. The van der Waals surface area contributed by atoms with E-state index in [1.165, 1.54) is 11.1 Å². The van der Waals surface area contributed by atoms with Crippen LogP contribution in [-0.2, 0) is 9.47 Å². The van der Waals surface area contributed by atoms with Gasteiger partial charge in [-0.3, -0.25) is 4.90 Å². The number of nitrogens with two attached hydrogens (primary N) is 1. The lowest BCUT2D eigenvalue weighted by molar-refractivity contribution is 0.00134. The molecule has 3 rings (SSSR count). The highest BCUT2D eigenvalue weighted by Gasteiger charge is 2.30. The normalized spacial score (nSPS) is 27.2. The van der Waals surface area contributed by atoms with Crippen LogP contribution in [0.2, 0.25) is 0 Å². The Kier molecular flexibility index (Phi) is 7.31. The largest absolute Gasteiger partial charge is 0.378 e. The van der Waals surface area contributed by atoms with Crippen LogP contribution in [0.4, 0.5) is 5.82 Å². The van der Waals surface area contributed by atoms with Crippen LogP contribution >= 0.6 is 0 Å². The molecule has 4 atom stereocenters. The Morgan fingerprint density at radius 1 is 1.36 bits per heavy atom. The molecule has 3 heterocycles. The highest BCUT2D eigenvalue weighted by molar-refractivity contribution is 5.50. The summed E-state index contributed by atoms with van der Waals surface area (Å²) >= 11 is 0. The molecule has 0 radical (unpaired) electrons. The molecule has 158 valence electrons. The van der Waals surface area contributed by atoms with Crippen molar-refractivity contribution in [3.8, 4) is 0 Å². The van der Waals surface area contributed by atoms with Crippen molar-refractivity contribution in [2.24, 2.45) is 5.73 Å². The average Bonchev–Trinajstić information content (AvgIpc) is 2.67. The molecule has 0 aliphatic carbocycles. The lowest BCUT2D eigenvalue weighted by atomic mass is 9.83. The molecule has 6 nitrogen and oxygen atoms in total. The second-order valence-electron chi connectivity index (χ2n) is 8.60. The van der Waals surface area contributed by atoms with Gasteiger partial charge >= 0.3 is 0 Å². The van der Waals surface area contributed by atoms with E-state index in [2.05, 4.69) is 36.6 Å². The molecule has 0 aromatic carbocycles. The van der Waals surface area contributed by atoms with E-state index in [1.54, 1.807) is 0 Å². The lowest BCUT2D eigenvalue weighted by Gasteiger charge is -2.37. The van der Waals surface area contributed by atoms with Crippen molar-refractivity contribution in [2.75, 3.05) is 45.4 Å². The van der Waals surface area contributed by atoms with Crippen LogP contribution in [0, 0.1) is 6.92 Å². The number of hydrogen-bond acceptors (Lipinski definition) is 6. The summed E-state index contributed by atoms with van der Waals surface area (Å²) in [5.41, 5.74) is 10.2. The number of anilines is 1. The van der Waals surface area contributed by atoms with Crippen molar-refractivity contribution >= 4 is 5.82 Å². The van der Waals surface area contributed by atoms with Gasteiger partial charge in [-0.15, -0.1) is 0 Å². The second-order valence-corrected chi connectivity index (χ2v) is 8.60. The van der Waals surface area contributed by atoms with Crippen LogP contribution in [0.3, 0.4) is 0 Å². The zero-order valence-corrected chi connectivity index (χ0v) is 18.3. The van der Waals surface area contributed by atoms with E-state index in [4.69, 9.17) is 20.2 Å². The van der Waals surface area contributed by atoms with E-state index >= 15 is 0 Å². The number of pyridine rings is 1. The van der Waals surface area contributed by atoms with E-state index < -0.39 is 0 Å². The Labute approximate surface area is 170 Å². The van der Waals surface area contributed by atoms with Gasteiger partial charge in [0.15, 0.2) is 0 Å². The molecule has 2 N–H and O–H groups in total. The van der Waals surface area contributed by atoms with Gasteiger partial charge in [-0.25, -0.2) is 4.98 Å². The van der Waals surface area contributed by atoms with Gasteiger partial charge in [-0.1, -0.05) is 13.3 Å². The van der Waals surface area contributed by atoms with Gasteiger partial charge in [0, 0.05) is 24.4 Å². The van der Waals surface area contributed by atoms with Crippen LogP contribution in [0.1, 0.15) is 68.4 Å². The van der Waals surface area contributed by atoms with E-state index in [1.807, 2.05) is 14.1 Å². The first kappa shape index (κ1) is 21.5. The van der Waals surface area contributed by atoms with Crippen LogP contribution < -0.4 is 10.6 Å². The predicted molar refractivity (Wildman–Crippen MR) is 114 cm³/mol. The molecule has 1 aromatic rings. The van der Waals surface area contributed by atoms with Gasteiger partial charge < -0.3 is 20.1 Å². The Morgan fingerprint density at radius 2 is 2.14 bits per heavy atom. The van der Waals surface area contributed by atoms with Crippen molar-refractivity contribution < 1.29 is 9.47 Å². The Hall–Kier alpha value is -1.21. The zero-order valence-electron chi connectivity index (χ0n) is 18.3. The third kappa shape index (κ3) is 4.67. The summed E-state index contributed by atoms with van der Waals surface area (Å²) < 4.78 is 11.7. The maximum absolute atomic E-state index is 6.62. The molecule has 2 saturated heterocycles. The van der Waals surface area contributed by atoms with E-state index in [-0.39, 0.29) is 6.17 Å². The lowest BCUT2D eigenvalue weighted by Crippen LogP contribution is -2.44. The molecule has 1 aromatic heterocycles. The smallest absolute Gasteiger partial charge is 0.129 e. The molecule has 6 heteroatoms. The van der Waals surface area contributed by atoms with Gasteiger partial charge in [0.1, 0.15) is 5.82 Å². The van der Waals surface area contributed by atoms with Gasteiger partial charge in [-0.05, 0) is 64.8 Å². The minimum absolute atomic E-state index is 0.147. The quantitative estimate of drug-likeness (QED) is 0.753. The molecule has 0 saturated carbocycles. The fourth-order valence-electron chi connectivity index (χ4n) is 4.57. The molecule has 3 unspecified atom stereocenters. The Morgan fingerprint density at radius 3 is 2.82 bits per heavy atom. The summed E-state index contributed by atoms with van der Waals surface area (Å²) in [7, 11) is 4.07. The molecular formula is C22H38N4O2. The monoisotopic (exact) mass is 390 g/mol. The summed E-state index contributed by atoms with van der Waals surface area (Å²) in [6.07, 6.45) is 4.62. The fraction of sp³-hybridized carbons (Fsp3) is 0.773. The number of aryl methyl sites for hydroxylation is 1. The molecular weight excluding hydrogens is 352 g/mol. The fourth-order valence-corrected chi connectivity index (χ4v) is 4.57. The summed E-state index contributed by atoms with van der Waals surface area (Å²) in [6, 6.07) is 2.65. The third-order valence-corrected chi connectivity index (χ3v) is 6.20. The topological polar surface area (TPSA) is 63.8 Å². The Bertz CT molecular complexity index is 650. The molecule has 0 spiro atoms. The average molecular weight is 391 g/mol. The van der Waals surface area contributed by atoms with Gasteiger partial charge in [0.05, 0.1) is 31.5 Å². The summed E-state index contributed by atoms with van der Waals surface area (Å²) in [4.78, 5) is 9.45. The first-order valence-corrected chi connectivity index (χ1v) is 10.8. The molecule has 0 amide bonds. The molecule has 0 bridgehead atoms. The second kappa shape index (κ2) is 9.53. The number of nitrogens with zero attached hydrogens (tertiary/aromatic N) is 3. The van der Waals surface area contributed by atoms with Crippen molar-refractivity contribution in [3.63, 3.8) is 0 Å². The minimum Gasteiger partial charge on any atom is -0.378 e. The van der Waals surface area contributed by atoms with Crippen molar-refractivity contribution in [1.29, 1.82) is 0 Å². The SMILES string of the molecule is CCCC1CC(c2cc(N3CCOC[C@H]3C)nc(C)c2C(N)N(C)C)CCO1. The van der Waals surface area contributed by atoms with Gasteiger partial charge in [0.25, 0.3) is 0 Å². The van der Waals surface area contributed by atoms with E-state index in [9.17, 15) is 0 Å². The minimum atomic E-state index is -0.147. The molecule has 2 aliphatic heterocycles. The van der Waals surface area contributed by atoms with E-state index in [0.29, 0.717) is 18.1 Å². The molecule has 28 heavy (non-hydrogen) atoms. The summed E-state index contributed by atoms with van der Waals surface area (Å²) in [5, 5.41) is 0. The van der Waals surface area contributed by atoms with Crippen molar-refractivity contribution in [1.82, 2.24) is 9.88 Å². The van der Waals surface area contributed by atoms with Gasteiger partial charge in [-0.2, -0.15) is 0 Å². The first-order chi connectivity index (χ1) is 13.4. The van der Waals surface area contributed by atoms with E-state index in [0.717, 1.165) is 63.6 Å². The number of rotatable bonds is 6. The summed E-state index contributed by atoms with van der Waals surface area (Å²) in [6.45, 7) is 9.78. The number of hydrogen-bond donors (Lipinski definition) is 1. The number of morpholine rings is 1. The maximum atomic E-state index is 6.62. The predicted octanol–water partition coefficient (Wildman–Crippen LogP) is 3.20. The molecule has 2 fully saturated rings. The highest BCUT2D eigenvalue weighted by atomic mass is 16.5. The summed E-state index contributed by atoms with van der Waals surface area (Å²) in [5.74, 6) is 1.54.